The van der Waals surface area contributed by atoms with E-state index in [1.54, 1.807) is 0 Å². The van der Waals surface area contributed by atoms with Gasteiger partial charge in [-0.1, -0.05) is 0 Å². The lowest BCUT2D eigenvalue weighted by molar-refractivity contribution is -0.683. The Morgan fingerprint density at radius 2 is 1.64 bits per heavy atom. The number of aromatic nitrogens is 2. The zero-order valence-corrected chi connectivity index (χ0v) is 8.39. The highest BCUT2D eigenvalue weighted by Crippen LogP contribution is 2.02. The Morgan fingerprint density at radius 3 is 1.73 bits per heavy atom. The van der Waals surface area contributed by atoms with Crippen LogP contribution in [0, 0.1) is 28.2 Å². The molecule has 0 spiro atoms. The van der Waals surface area contributed by atoms with Gasteiger partial charge >= 0.3 is 0 Å². The predicted octanol–water partition coefficient (Wildman–Crippen LogP) is 1.23. The topological polar surface area (TPSA) is 8.81 Å². The first-order chi connectivity index (χ1) is 4.55. The van der Waals surface area contributed by atoms with Crippen LogP contribution in [0.4, 0.5) is 0 Å². The molecule has 1 heterocycles. The Kier molecular flexibility index (Phi) is 2.85. The first kappa shape index (κ1) is 10.2. The van der Waals surface area contributed by atoms with E-state index in [0.29, 0.717) is 0 Å². The summed E-state index contributed by atoms with van der Waals surface area (Å²) in [5.74, 6) is 1.30. The predicted molar refractivity (Wildman–Crippen MR) is 47.2 cm³/mol. The second-order valence-electron chi connectivity index (χ2n) is 2.84. The van der Waals surface area contributed by atoms with Gasteiger partial charge in [-0.15, -0.1) is 0 Å². The Morgan fingerprint density at radius 1 is 1.18 bits per heavy atom. The molecule has 0 aliphatic heterocycles. The van der Waals surface area contributed by atoms with Gasteiger partial charge in [-0.25, -0.2) is 9.13 Å². The van der Waals surface area contributed by atoms with Gasteiger partial charge in [0.2, 0.25) is 0 Å². The van der Waals surface area contributed by atoms with Crippen molar-refractivity contribution in [1.29, 1.82) is 0 Å². The van der Waals surface area contributed by atoms with E-state index in [9.17, 15) is 0 Å². The molecule has 0 amide bonds. The fourth-order valence-electron chi connectivity index (χ4n) is 1.20. The van der Waals surface area contributed by atoms with Crippen LogP contribution in [0.15, 0.2) is 0 Å². The van der Waals surface area contributed by atoms with Crippen molar-refractivity contribution in [3.05, 3.63) is 24.6 Å². The monoisotopic (exact) mass is 154 g/mol. The molecule has 0 aliphatic carbocycles. The Bertz CT molecular complexity index is 179. The number of imidazole rings is 1. The lowest BCUT2D eigenvalue weighted by Gasteiger charge is -1.87. The van der Waals surface area contributed by atoms with Gasteiger partial charge in [-0.3, -0.25) is 0 Å². The molecule has 1 rings (SSSR count). The molecule has 0 saturated carbocycles. The van der Waals surface area contributed by atoms with Crippen LogP contribution in [0.3, 0.4) is 0 Å². The first-order valence-corrected chi connectivity index (χ1v) is 3.54. The van der Waals surface area contributed by atoms with E-state index in [1.807, 2.05) is 0 Å². The molecule has 0 atom stereocenters. The SMILES string of the molecule is Cc1c(C)[n+](C)c(C)n1C.[CH3-]. The zero-order valence-electron chi connectivity index (χ0n) is 8.39. The van der Waals surface area contributed by atoms with Crippen LogP contribution in [-0.4, -0.2) is 4.57 Å². The molecule has 11 heavy (non-hydrogen) atoms. The summed E-state index contributed by atoms with van der Waals surface area (Å²) in [4.78, 5) is 0. The fourth-order valence-corrected chi connectivity index (χ4v) is 1.20. The zero-order chi connectivity index (χ0) is 7.89. The van der Waals surface area contributed by atoms with Crippen molar-refractivity contribution in [2.45, 2.75) is 20.8 Å². The minimum absolute atomic E-state index is 0. The highest BCUT2D eigenvalue weighted by molar-refractivity contribution is 5.05. The summed E-state index contributed by atoms with van der Waals surface area (Å²) in [6, 6.07) is 0. The van der Waals surface area contributed by atoms with Gasteiger partial charge in [0.1, 0.15) is 11.4 Å². The van der Waals surface area contributed by atoms with Gasteiger partial charge in [0.25, 0.3) is 5.82 Å². The third-order valence-corrected chi connectivity index (χ3v) is 2.50. The molecule has 1 aromatic rings. The van der Waals surface area contributed by atoms with E-state index in [4.69, 9.17) is 0 Å². The maximum atomic E-state index is 2.20. The van der Waals surface area contributed by atoms with E-state index in [2.05, 4.69) is 44.0 Å². The molecule has 0 unspecified atom stereocenters. The van der Waals surface area contributed by atoms with Gasteiger partial charge < -0.3 is 7.43 Å². The maximum Gasteiger partial charge on any atom is 0.253 e. The smallest absolute Gasteiger partial charge is 0.253 e. The van der Waals surface area contributed by atoms with E-state index in [1.165, 1.54) is 17.2 Å². The number of hydrogen-bond acceptors (Lipinski definition) is 0. The highest BCUT2D eigenvalue weighted by atomic mass is 15.1. The molecular formula is C9H18N2. The summed E-state index contributed by atoms with van der Waals surface area (Å²) in [6.45, 7) is 6.41. The van der Waals surface area contributed by atoms with Gasteiger partial charge in [-0.05, 0) is 0 Å². The minimum atomic E-state index is 0. The quantitative estimate of drug-likeness (QED) is 0.392. The fraction of sp³-hybridized carbons (Fsp3) is 0.556. The molecular weight excluding hydrogens is 136 g/mol. The first-order valence-electron chi connectivity index (χ1n) is 3.54. The molecule has 0 aromatic carbocycles. The molecule has 0 saturated heterocycles. The highest BCUT2D eigenvalue weighted by Gasteiger charge is 2.14. The summed E-state index contributed by atoms with van der Waals surface area (Å²) in [5, 5.41) is 0. The molecule has 0 fully saturated rings. The molecule has 0 radical (unpaired) electrons. The molecule has 0 N–H and O–H groups in total. The standard InChI is InChI=1S/C8H15N2.CH3/c1-6-7(2)10(5)8(3)9(6)4;/h1-5H3;1H3/q+1;-1. The van der Waals surface area contributed by atoms with Gasteiger partial charge in [-0.2, -0.15) is 0 Å². The average Bonchev–Trinajstić information content (AvgIpc) is 2.07. The Balaban J connectivity index is 0.000001000. The molecule has 2 heteroatoms. The molecule has 0 bridgehead atoms. The number of nitrogens with zero attached hydrogens (tertiary/aromatic N) is 2. The number of rotatable bonds is 0. The second kappa shape index (κ2) is 3.07. The third-order valence-electron chi connectivity index (χ3n) is 2.50. The van der Waals surface area contributed by atoms with Crippen molar-refractivity contribution in [2.24, 2.45) is 14.1 Å². The normalized spacial score (nSPS) is 9.55. The van der Waals surface area contributed by atoms with Gasteiger partial charge in [0.05, 0.1) is 14.1 Å². The second-order valence-corrected chi connectivity index (χ2v) is 2.84. The Hall–Kier alpha value is -0.790. The van der Waals surface area contributed by atoms with Crippen molar-refractivity contribution >= 4 is 0 Å². The summed E-state index contributed by atoms with van der Waals surface area (Å²) >= 11 is 0. The van der Waals surface area contributed by atoms with Crippen molar-refractivity contribution in [2.75, 3.05) is 0 Å². The van der Waals surface area contributed by atoms with Crippen LogP contribution >= 0.6 is 0 Å². The lowest BCUT2D eigenvalue weighted by Crippen LogP contribution is -2.32. The third kappa shape index (κ3) is 1.30. The Labute approximate surface area is 69.5 Å². The maximum absolute atomic E-state index is 2.20. The largest absolute Gasteiger partial charge is 0.358 e. The minimum Gasteiger partial charge on any atom is -0.358 e. The van der Waals surface area contributed by atoms with Crippen LogP contribution in [-0.2, 0) is 14.1 Å². The van der Waals surface area contributed by atoms with Crippen molar-refractivity contribution in [3.8, 4) is 0 Å². The van der Waals surface area contributed by atoms with Crippen LogP contribution in [0.5, 0.6) is 0 Å². The van der Waals surface area contributed by atoms with E-state index in [-0.39, 0.29) is 7.43 Å². The molecule has 1 aromatic heterocycles. The van der Waals surface area contributed by atoms with E-state index in [0.717, 1.165) is 0 Å². The van der Waals surface area contributed by atoms with Crippen LogP contribution in [0.2, 0.25) is 0 Å². The average molecular weight is 154 g/mol. The molecule has 64 valence electrons. The van der Waals surface area contributed by atoms with Crippen LogP contribution in [0.1, 0.15) is 17.2 Å². The summed E-state index contributed by atoms with van der Waals surface area (Å²) in [6.07, 6.45) is 0. The molecule has 0 aliphatic rings. The van der Waals surface area contributed by atoms with Crippen LogP contribution in [0.25, 0.3) is 0 Å². The molecule has 2 nitrogen and oxygen atoms in total. The van der Waals surface area contributed by atoms with Crippen molar-refractivity contribution in [1.82, 2.24) is 4.57 Å². The van der Waals surface area contributed by atoms with Crippen molar-refractivity contribution < 1.29 is 4.57 Å². The lowest BCUT2D eigenvalue weighted by atomic mass is 10.4. The van der Waals surface area contributed by atoms with Gasteiger partial charge in [0, 0.05) is 20.8 Å². The number of hydrogen-bond donors (Lipinski definition) is 0. The summed E-state index contributed by atoms with van der Waals surface area (Å²) in [5.41, 5.74) is 2.69. The summed E-state index contributed by atoms with van der Waals surface area (Å²) < 4.78 is 4.41. The van der Waals surface area contributed by atoms with Gasteiger partial charge in [0.15, 0.2) is 0 Å². The summed E-state index contributed by atoms with van der Waals surface area (Å²) in [7, 11) is 4.19. The van der Waals surface area contributed by atoms with Crippen LogP contribution < -0.4 is 4.57 Å². The van der Waals surface area contributed by atoms with E-state index >= 15 is 0 Å². The van der Waals surface area contributed by atoms with E-state index < -0.39 is 0 Å². The van der Waals surface area contributed by atoms with Crippen molar-refractivity contribution in [3.63, 3.8) is 0 Å².